The number of nitrogens with two attached hydrogens (primary N) is 1. The molecule has 0 saturated carbocycles. The van der Waals surface area contributed by atoms with Crippen molar-refractivity contribution in [2.45, 2.75) is 11.4 Å². The van der Waals surface area contributed by atoms with E-state index in [0.717, 1.165) is 12.1 Å². The average Bonchev–Trinajstić information content (AvgIpc) is 2.84. The minimum absolute atomic E-state index is 0.0353. The van der Waals surface area contributed by atoms with Crippen LogP contribution in [0.3, 0.4) is 0 Å². The molecule has 3 N–H and O–H groups in total. The van der Waals surface area contributed by atoms with Gasteiger partial charge in [0.05, 0.1) is 17.3 Å². The summed E-state index contributed by atoms with van der Waals surface area (Å²) in [5.41, 5.74) is 5.06. The lowest BCUT2D eigenvalue weighted by molar-refractivity contribution is 0.580. The van der Waals surface area contributed by atoms with Crippen LogP contribution in [0.5, 0.6) is 0 Å². The number of halogens is 2. The molecule has 0 bridgehead atoms. The fourth-order valence-corrected chi connectivity index (χ4v) is 3.51. The van der Waals surface area contributed by atoms with Gasteiger partial charge in [0.1, 0.15) is 15.7 Å². The lowest BCUT2D eigenvalue weighted by Crippen LogP contribution is -2.23. The second-order valence-corrected chi connectivity index (χ2v) is 6.68. The third-order valence-corrected chi connectivity index (χ3v) is 4.88. The van der Waals surface area contributed by atoms with Gasteiger partial charge >= 0.3 is 0 Å². The number of benzene rings is 1. The van der Waals surface area contributed by atoms with Gasteiger partial charge in [0.25, 0.3) is 0 Å². The molecule has 102 valence electrons. The van der Waals surface area contributed by atoms with Crippen molar-refractivity contribution in [3.8, 4) is 0 Å². The van der Waals surface area contributed by atoms with Gasteiger partial charge in [-0.2, -0.15) is 0 Å². The molecule has 2 rings (SSSR count). The maximum absolute atomic E-state index is 13.1. The van der Waals surface area contributed by atoms with Crippen molar-refractivity contribution < 1.29 is 12.8 Å². The van der Waals surface area contributed by atoms with Gasteiger partial charge in [-0.3, -0.25) is 0 Å². The summed E-state index contributed by atoms with van der Waals surface area (Å²) in [6.45, 7) is 0.0353. The molecule has 0 spiro atoms. The van der Waals surface area contributed by atoms with Crippen LogP contribution in [0.25, 0.3) is 0 Å². The topological polar surface area (TPSA) is 85.1 Å². The van der Waals surface area contributed by atoms with Gasteiger partial charge in [-0.25, -0.2) is 22.5 Å². The number of aromatic nitrogens is 1. The van der Waals surface area contributed by atoms with E-state index in [1.165, 1.54) is 11.3 Å². The molecule has 0 radical (unpaired) electrons. The van der Waals surface area contributed by atoms with Crippen LogP contribution < -0.4 is 10.5 Å². The third kappa shape index (κ3) is 3.21. The first-order valence-electron chi connectivity index (χ1n) is 5.02. The number of hydrogen-bond donors (Lipinski definition) is 2. The summed E-state index contributed by atoms with van der Waals surface area (Å²) in [6, 6.07) is 1.86. The van der Waals surface area contributed by atoms with Crippen molar-refractivity contribution in [3.63, 3.8) is 0 Å². The lowest BCUT2D eigenvalue weighted by Gasteiger charge is -2.08. The molecule has 9 heteroatoms. The fourth-order valence-electron chi connectivity index (χ4n) is 1.33. The Morgan fingerprint density at radius 1 is 1.47 bits per heavy atom. The molecule has 0 aliphatic heterocycles. The zero-order chi connectivity index (χ0) is 14.0. The molecule has 1 heterocycles. The Morgan fingerprint density at radius 3 is 2.84 bits per heavy atom. The van der Waals surface area contributed by atoms with E-state index in [-0.39, 0.29) is 22.2 Å². The zero-order valence-electron chi connectivity index (χ0n) is 9.43. The van der Waals surface area contributed by atoms with Crippen molar-refractivity contribution in [3.05, 3.63) is 39.6 Å². The number of thiazole rings is 1. The number of hydrogen-bond acceptors (Lipinski definition) is 5. The molecule has 5 nitrogen and oxygen atoms in total. The largest absolute Gasteiger partial charge is 0.396 e. The van der Waals surface area contributed by atoms with Gasteiger partial charge in [-0.15, -0.1) is 11.3 Å². The summed E-state index contributed by atoms with van der Waals surface area (Å²) in [7, 11) is -3.87. The standard InChI is InChI=1S/C10H9ClFN3O2S2/c11-6-3-7(12)8(13)4-9(6)19(16,17)15-5-10-14-1-2-18-10/h1-4,15H,5,13H2. The van der Waals surface area contributed by atoms with E-state index < -0.39 is 15.8 Å². The van der Waals surface area contributed by atoms with Crippen LogP contribution in [-0.4, -0.2) is 13.4 Å². The van der Waals surface area contributed by atoms with Crippen molar-refractivity contribution in [1.29, 1.82) is 0 Å². The highest BCUT2D eigenvalue weighted by molar-refractivity contribution is 7.89. The molecule has 0 aliphatic rings. The zero-order valence-corrected chi connectivity index (χ0v) is 11.8. The first-order chi connectivity index (χ1) is 8.90. The SMILES string of the molecule is Nc1cc(S(=O)(=O)NCc2nccs2)c(Cl)cc1F. The summed E-state index contributed by atoms with van der Waals surface area (Å²) in [5, 5.41) is 2.11. The smallest absolute Gasteiger partial charge is 0.242 e. The second kappa shape index (κ2) is 5.41. The first kappa shape index (κ1) is 14.2. The summed E-state index contributed by atoms with van der Waals surface area (Å²) >= 11 is 7.03. The molecule has 0 saturated heterocycles. The number of nitrogens with zero attached hydrogens (tertiary/aromatic N) is 1. The Morgan fingerprint density at radius 2 is 2.21 bits per heavy atom. The van der Waals surface area contributed by atoms with E-state index in [2.05, 4.69) is 9.71 Å². The number of rotatable bonds is 4. The Balaban J connectivity index is 2.27. The maximum Gasteiger partial charge on any atom is 0.242 e. The fraction of sp³-hybridized carbons (Fsp3) is 0.100. The molecular weight excluding hydrogens is 313 g/mol. The summed E-state index contributed by atoms with van der Waals surface area (Å²) < 4.78 is 39.5. The van der Waals surface area contributed by atoms with Crippen molar-refractivity contribution in [2.75, 3.05) is 5.73 Å². The van der Waals surface area contributed by atoms with E-state index in [4.69, 9.17) is 17.3 Å². The number of sulfonamides is 1. The van der Waals surface area contributed by atoms with Gasteiger partial charge in [-0.05, 0) is 12.1 Å². The van der Waals surface area contributed by atoms with E-state index in [9.17, 15) is 12.8 Å². The minimum Gasteiger partial charge on any atom is -0.396 e. The predicted molar refractivity (Wildman–Crippen MR) is 72.0 cm³/mol. The molecule has 1 aromatic carbocycles. The van der Waals surface area contributed by atoms with Gasteiger partial charge in [0.2, 0.25) is 10.0 Å². The van der Waals surface area contributed by atoms with Crippen LogP contribution in [0.2, 0.25) is 5.02 Å². The molecule has 0 unspecified atom stereocenters. The molecule has 0 fully saturated rings. The summed E-state index contributed by atoms with van der Waals surface area (Å²) in [6.07, 6.45) is 1.57. The first-order valence-corrected chi connectivity index (χ1v) is 7.77. The van der Waals surface area contributed by atoms with Crippen molar-refractivity contribution in [1.82, 2.24) is 9.71 Å². The lowest BCUT2D eigenvalue weighted by atomic mass is 10.3. The van der Waals surface area contributed by atoms with Crippen molar-refractivity contribution in [2.24, 2.45) is 0 Å². The Labute approximate surface area is 118 Å². The van der Waals surface area contributed by atoms with Gasteiger partial charge < -0.3 is 5.73 Å². The maximum atomic E-state index is 13.1. The molecule has 1 aromatic heterocycles. The highest BCUT2D eigenvalue weighted by Crippen LogP contribution is 2.26. The molecule has 0 atom stereocenters. The quantitative estimate of drug-likeness (QED) is 0.843. The van der Waals surface area contributed by atoms with E-state index >= 15 is 0 Å². The Hall–Kier alpha value is -1.22. The summed E-state index contributed by atoms with van der Waals surface area (Å²) in [5.74, 6) is -0.760. The molecule has 0 aliphatic carbocycles. The Bertz CT molecular complexity index is 689. The predicted octanol–water partition coefficient (Wildman–Crippen LogP) is 2.00. The van der Waals surface area contributed by atoms with E-state index in [0.29, 0.717) is 5.01 Å². The van der Waals surface area contributed by atoms with Gasteiger partial charge in [0.15, 0.2) is 0 Å². The number of anilines is 1. The minimum atomic E-state index is -3.87. The third-order valence-electron chi connectivity index (χ3n) is 2.24. The normalized spacial score (nSPS) is 11.7. The monoisotopic (exact) mass is 321 g/mol. The van der Waals surface area contributed by atoms with Crippen molar-refractivity contribution >= 4 is 38.6 Å². The molecule has 19 heavy (non-hydrogen) atoms. The van der Waals surface area contributed by atoms with E-state index in [1.54, 1.807) is 11.6 Å². The highest BCUT2D eigenvalue weighted by atomic mass is 35.5. The van der Waals surface area contributed by atoms with Crippen LogP contribution in [0, 0.1) is 5.82 Å². The Kier molecular flexibility index (Phi) is 4.04. The van der Waals surface area contributed by atoms with Gasteiger partial charge in [-0.1, -0.05) is 11.6 Å². The molecule has 2 aromatic rings. The average molecular weight is 322 g/mol. The van der Waals surface area contributed by atoms with Crippen LogP contribution in [-0.2, 0) is 16.6 Å². The number of nitrogens with one attached hydrogen (secondary N) is 1. The van der Waals surface area contributed by atoms with Crippen LogP contribution in [0.1, 0.15) is 5.01 Å². The highest BCUT2D eigenvalue weighted by Gasteiger charge is 2.20. The van der Waals surface area contributed by atoms with Gasteiger partial charge in [0, 0.05) is 11.6 Å². The number of nitrogen functional groups attached to an aromatic ring is 1. The van der Waals surface area contributed by atoms with Crippen LogP contribution >= 0.6 is 22.9 Å². The van der Waals surface area contributed by atoms with Crippen LogP contribution in [0.4, 0.5) is 10.1 Å². The van der Waals surface area contributed by atoms with Crippen LogP contribution in [0.15, 0.2) is 28.6 Å². The summed E-state index contributed by atoms with van der Waals surface area (Å²) in [4.78, 5) is 3.68. The van der Waals surface area contributed by atoms with E-state index in [1.807, 2.05) is 0 Å². The molecular formula is C10H9ClFN3O2S2. The molecule has 0 amide bonds. The second-order valence-electron chi connectivity index (χ2n) is 3.55.